The molecule has 1 amide bonds. The Bertz CT molecular complexity index is 1340. The van der Waals surface area contributed by atoms with Gasteiger partial charge in [-0.15, -0.1) is 0 Å². The monoisotopic (exact) mass is 440 g/mol. The number of rotatable bonds is 3. The number of hydrogen-bond donors (Lipinski definition) is 0. The van der Waals surface area contributed by atoms with Crippen LogP contribution in [0.5, 0.6) is 0 Å². The Kier molecular flexibility index (Phi) is 5.33. The molecule has 0 N–H and O–H groups in total. The zero-order chi connectivity index (χ0) is 22.1. The van der Waals surface area contributed by atoms with Gasteiger partial charge >= 0.3 is 0 Å². The van der Waals surface area contributed by atoms with E-state index in [4.69, 9.17) is 11.6 Å². The molecule has 0 radical (unpaired) electrons. The van der Waals surface area contributed by atoms with Gasteiger partial charge in [0.2, 0.25) is 0 Å². The predicted octanol–water partition coefficient (Wildman–Crippen LogP) is 7.07. The molecule has 0 saturated carbocycles. The van der Waals surface area contributed by atoms with E-state index in [9.17, 15) is 4.79 Å². The van der Waals surface area contributed by atoms with Crippen LogP contribution in [0.3, 0.4) is 0 Å². The number of carbonyl (C=O) groups is 1. The number of aromatic nitrogens is 1. The summed E-state index contributed by atoms with van der Waals surface area (Å²) < 4.78 is 2.17. The number of amides is 1. The molecule has 1 aromatic heterocycles. The van der Waals surface area contributed by atoms with Crippen LogP contribution in [-0.2, 0) is 13.1 Å². The highest BCUT2D eigenvalue weighted by Crippen LogP contribution is 2.32. The SMILES string of the molecule is Cc1cccc(/N=N/c2ccc(C(=O)N3Cc4cccn4Cc4ccccc43)c(Cl)c2)c1. The fourth-order valence-electron chi connectivity index (χ4n) is 3.96. The Labute approximate surface area is 191 Å². The lowest BCUT2D eigenvalue weighted by atomic mass is 10.1. The van der Waals surface area contributed by atoms with Crippen molar-refractivity contribution in [3.05, 3.63) is 112 Å². The lowest BCUT2D eigenvalue weighted by Gasteiger charge is -2.23. The quantitative estimate of drug-likeness (QED) is 0.314. The van der Waals surface area contributed by atoms with E-state index in [1.165, 1.54) is 0 Å². The largest absolute Gasteiger partial charge is 0.345 e. The minimum atomic E-state index is -0.140. The molecule has 0 unspecified atom stereocenters. The molecule has 0 aliphatic carbocycles. The second-order valence-corrected chi connectivity index (χ2v) is 8.26. The molecule has 2 heterocycles. The third-order valence-corrected chi connectivity index (χ3v) is 5.89. The van der Waals surface area contributed by atoms with Crippen LogP contribution in [-0.4, -0.2) is 10.5 Å². The Morgan fingerprint density at radius 3 is 2.50 bits per heavy atom. The fraction of sp³-hybridized carbons (Fsp3) is 0.115. The van der Waals surface area contributed by atoms with Crippen molar-refractivity contribution in [3.63, 3.8) is 0 Å². The first kappa shape index (κ1) is 20.2. The lowest BCUT2D eigenvalue weighted by Crippen LogP contribution is -2.30. The number of para-hydroxylation sites is 1. The summed E-state index contributed by atoms with van der Waals surface area (Å²) in [5.41, 5.74) is 5.99. The van der Waals surface area contributed by atoms with Gasteiger partial charge in [-0.25, -0.2) is 0 Å². The van der Waals surface area contributed by atoms with E-state index in [1.54, 1.807) is 23.1 Å². The van der Waals surface area contributed by atoms with Crippen LogP contribution < -0.4 is 4.90 Å². The smallest absolute Gasteiger partial charge is 0.260 e. The van der Waals surface area contributed by atoms with Gasteiger partial charge in [-0.3, -0.25) is 4.79 Å². The number of azo groups is 1. The molecule has 5 nitrogen and oxygen atoms in total. The highest BCUT2D eigenvalue weighted by Gasteiger charge is 2.26. The minimum absolute atomic E-state index is 0.140. The summed E-state index contributed by atoms with van der Waals surface area (Å²) in [7, 11) is 0. The van der Waals surface area contributed by atoms with Crippen molar-refractivity contribution in [2.45, 2.75) is 20.0 Å². The van der Waals surface area contributed by atoms with Gasteiger partial charge in [-0.05, 0) is 66.6 Å². The van der Waals surface area contributed by atoms with Crippen molar-refractivity contribution in [2.24, 2.45) is 10.2 Å². The normalized spacial score (nSPS) is 13.0. The van der Waals surface area contributed by atoms with Gasteiger partial charge in [0, 0.05) is 24.1 Å². The van der Waals surface area contributed by atoms with Gasteiger partial charge in [-0.1, -0.05) is 41.9 Å². The maximum Gasteiger partial charge on any atom is 0.260 e. The Morgan fingerprint density at radius 2 is 1.69 bits per heavy atom. The lowest BCUT2D eigenvalue weighted by molar-refractivity contribution is 0.0985. The molecule has 3 aromatic carbocycles. The summed E-state index contributed by atoms with van der Waals surface area (Å²) in [6.07, 6.45) is 2.04. The number of hydrogen-bond acceptors (Lipinski definition) is 3. The molecule has 1 aliphatic heterocycles. The molecule has 1 aliphatic rings. The van der Waals surface area contributed by atoms with Crippen molar-refractivity contribution < 1.29 is 4.79 Å². The van der Waals surface area contributed by atoms with Crippen LogP contribution in [0.25, 0.3) is 0 Å². The fourth-order valence-corrected chi connectivity index (χ4v) is 4.21. The number of aryl methyl sites for hydroxylation is 1. The Morgan fingerprint density at radius 1 is 0.875 bits per heavy atom. The molecule has 158 valence electrons. The van der Waals surface area contributed by atoms with Crippen LogP contribution in [0.2, 0.25) is 5.02 Å². The van der Waals surface area contributed by atoms with E-state index in [1.807, 2.05) is 67.7 Å². The number of benzene rings is 3. The van der Waals surface area contributed by atoms with E-state index >= 15 is 0 Å². The average Bonchev–Trinajstić information content (AvgIpc) is 3.16. The molecule has 5 rings (SSSR count). The molecule has 32 heavy (non-hydrogen) atoms. The first-order valence-electron chi connectivity index (χ1n) is 10.4. The second-order valence-electron chi connectivity index (χ2n) is 7.85. The zero-order valence-electron chi connectivity index (χ0n) is 17.6. The maximum atomic E-state index is 13.6. The molecule has 0 fully saturated rings. The number of anilines is 1. The van der Waals surface area contributed by atoms with Crippen molar-refractivity contribution in [2.75, 3.05) is 4.90 Å². The van der Waals surface area contributed by atoms with E-state index in [2.05, 4.69) is 20.9 Å². The van der Waals surface area contributed by atoms with E-state index < -0.39 is 0 Å². The Balaban J connectivity index is 1.45. The summed E-state index contributed by atoms with van der Waals surface area (Å²) in [4.78, 5) is 15.4. The molecule has 0 atom stereocenters. The van der Waals surface area contributed by atoms with Crippen LogP contribution in [0.15, 0.2) is 95.3 Å². The summed E-state index contributed by atoms with van der Waals surface area (Å²) in [5, 5.41) is 8.90. The Hall–Kier alpha value is -3.70. The number of fused-ring (bicyclic) bond motifs is 2. The van der Waals surface area contributed by atoms with Crippen LogP contribution in [0.4, 0.5) is 17.1 Å². The van der Waals surface area contributed by atoms with Crippen molar-refractivity contribution in [1.82, 2.24) is 4.57 Å². The van der Waals surface area contributed by atoms with Crippen molar-refractivity contribution >= 4 is 34.6 Å². The number of halogens is 1. The molecular formula is C26H21ClN4O. The maximum absolute atomic E-state index is 13.6. The summed E-state index contributed by atoms with van der Waals surface area (Å²) in [6.45, 7) is 3.22. The van der Waals surface area contributed by atoms with Gasteiger partial charge < -0.3 is 9.47 Å². The summed E-state index contributed by atoms with van der Waals surface area (Å²) >= 11 is 6.54. The first-order valence-corrected chi connectivity index (χ1v) is 10.8. The van der Waals surface area contributed by atoms with Gasteiger partial charge in [0.05, 0.1) is 28.5 Å². The predicted molar refractivity (Wildman–Crippen MR) is 127 cm³/mol. The summed E-state index contributed by atoms with van der Waals surface area (Å²) in [5.74, 6) is -0.140. The molecule has 6 heteroatoms. The third-order valence-electron chi connectivity index (χ3n) is 5.58. The van der Waals surface area contributed by atoms with Gasteiger partial charge in [0.25, 0.3) is 5.91 Å². The molecule has 0 spiro atoms. The average molecular weight is 441 g/mol. The van der Waals surface area contributed by atoms with Gasteiger partial charge in [0.1, 0.15) is 0 Å². The number of nitrogens with zero attached hydrogens (tertiary/aromatic N) is 4. The number of carbonyl (C=O) groups excluding carboxylic acids is 1. The molecular weight excluding hydrogens is 420 g/mol. The minimum Gasteiger partial charge on any atom is -0.345 e. The van der Waals surface area contributed by atoms with Gasteiger partial charge in [-0.2, -0.15) is 10.2 Å². The van der Waals surface area contributed by atoms with Crippen LogP contribution >= 0.6 is 11.6 Å². The first-order chi connectivity index (χ1) is 15.6. The van der Waals surface area contributed by atoms with E-state index in [-0.39, 0.29) is 5.91 Å². The van der Waals surface area contributed by atoms with Crippen molar-refractivity contribution in [3.8, 4) is 0 Å². The van der Waals surface area contributed by atoms with Crippen LogP contribution in [0, 0.1) is 6.92 Å². The van der Waals surface area contributed by atoms with Gasteiger partial charge in [0.15, 0.2) is 0 Å². The standard InChI is InChI=1S/C26H21ClN4O/c1-18-6-4-8-20(14-18)28-29-21-11-12-23(24(27)15-21)26(32)31-17-22-9-5-13-30(22)16-19-7-2-3-10-25(19)31/h2-15H,16-17H2,1H3/b29-28+. The molecule has 4 aromatic rings. The molecule has 0 saturated heterocycles. The second kappa shape index (κ2) is 8.44. The zero-order valence-corrected chi connectivity index (χ0v) is 18.3. The summed E-state index contributed by atoms with van der Waals surface area (Å²) in [6, 6.07) is 25.0. The third kappa shape index (κ3) is 3.95. The molecule has 0 bridgehead atoms. The van der Waals surface area contributed by atoms with E-state index in [0.29, 0.717) is 22.8 Å². The van der Waals surface area contributed by atoms with Crippen LogP contribution in [0.1, 0.15) is 27.2 Å². The highest BCUT2D eigenvalue weighted by molar-refractivity contribution is 6.34. The van der Waals surface area contributed by atoms with Crippen molar-refractivity contribution in [1.29, 1.82) is 0 Å². The van der Waals surface area contributed by atoms with E-state index in [0.717, 1.165) is 34.7 Å². The topological polar surface area (TPSA) is 50.0 Å². The highest BCUT2D eigenvalue weighted by atomic mass is 35.5.